The van der Waals surface area contributed by atoms with Gasteiger partial charge >= 0.3 is 0 Å². The summed E-state index contributed by atoms with van der Waals surface area (Å²) in [5.74, 6) is 0. The Kier molecular flexibility index (Phi) is 3.37. The molecule has 1 nitrogen and oxygen atoms in total. The van der Waals surface area contributed by atoms with E-state index < -0.39 is 0 Å². The van der Waals surface area contributed by atoms with Crippen molar-refractivity contribution in [2.24, 2.45) is 0 Å². The van der Waals surface area contributed by atoms with E-state index in [1.165, 1.54) is 21.8 Å². The Morgan fingerprint density at radius 3 is 2.36 bits per heavy atom. The smallest absolute Gasteiger partial charge is 0.0555 e. The third kappa shape index (κ3) is 2.21. The molecular formula is C22H13BrClN. The van der Waals surface area contributed by atoms with Crippen LogP contribution in [0.5, 0.6) is 0 Å². The number of nitrogens with zero attached hydrogens (tertiary/aromatic N) is 1. The molecule has 0 radical (unpaired) electrons. The first-order chi connectivity index (χ1) is 12.2. The first-order valence-electron chi connectivity index (χ1n) is 8.10. The Balaban J connectivity index is 2.03. The molecule has 4 aromatic carbocycles. The first-order valence-corrected chi connectivity index (χ1v) is 9.27. The second kappa shape index (κ2) is 5.62. The van der Waals surface area contributed by atoms with Gasteiger partial charge in [0.15, 0.2) is 0 Å². The van der Waals surface area contributed by atoms with Gasteiger partial charge in [-0.15, -0.1) is 0 Å². The minimum Gasteiger partial charge on any atom is -0.309 e. The molecule has 5 rings (SSSR count). The van der Waals surface area contributed by atoms with Gasteiger partial charge in [-0.05, 0) is 41.8 Å². The van der Waals surface area contributed by atoms with Crippen LogP contribution in [0, 0.1) is 0 Å². The summed E-state index contributed by atoms with van der Waals surface area (Å²) < 4.78 is 3.39. The highest BCUT2D eigenvalue weighted by Crippen LogP contribution is 2.37. The molecule has 0 saturated heterocycles. The zero-order chi connectivity index (χ0) is 17.0. The predicted octanol–water partition coefficient (Wildman–Crippen LogP) is 7.35. The summed E-state index contributed by atoms with van der Waals surface area (Å²) in [6, 6.07) is 27.3. The summed E-state index contributed by atoms with van der Waals surface area (Å²) in [6.45, 7) is 0. The lowest BCUT2D eigenvalue weighted by atomic mass is 10.1. The van der Waals surface area contributed by atoms with E-state index in [4.69, 9.17) is 11.6 Å². The molecule has 5 aromatic rings. The number of halogens is 2. The molecule has 0 spiro atoms. The van der Waals surface area contributed by atoms with Crippen molar-refractivity contribution in [3.63, 3.8) is 0 Å². The van der Waals surface area contributed by atoms with Gasteiger partial charge < -0.3 is 4.57 Å². The molecule has 0 aliphatic heterocycles. The highest BCUT2D eigenvalue weighted by Gasteiger charge is 2.15. The van der Waals surface area contributed by atoms with E-state index in [1.54, 1.807) is 0 Å². The number of para-hydroxylation sites is 1. The third-order valence-corrected chi connectivity index (χ3v) is 5.52. The quantitative estimate of drug-likeness (QED) is 0.274. The number of hydrogen-bond acceptors (Lipinski definition) is 0. The van der Waals surface area contributed by atoms with Crippen LogP contribution in [0.4, 0.5) is 0 Å². The van der Waals surface area contributed by atoms with Crippen LogP contribution in [-0.2, 0) is 0 Å². The molecule has 1 heterocycles. The van der Waals surface area contributed by atoms with Crippen LogP contribution in [0.2, 0.25) is 5.02 Å². The molecule has 120 valence electrons. The van der Waals surface area contributed by atoms with E-state index in [9.17, 15) is 0 Å². The zero-order valence-corrected chi connectivity index (χ0v) is 15.6. The number of hydrogen-bond donors (Lipinski definition) is 0. The van der Waals surface area contributed by atoms with Gasteiger partial charge in [-0.2, -0.15) is 0 Å². The second-order valence-corrected chi connectivity index (χ2v) is 7.45. The van der Waals surface area contributed by atoms with Crippen LogP contribution >= 0.6 is 27.5 Å². The molecule has 3 heteroatoms. The lowest BCUT2D eigenvalue weighted by Crippen LogP contribution is -1.95. The van der Waals surface area contributed by atoms with E-state index in [2.05, 4.69) is 87.2 Å². The standard InChI is InChI=1S/C22H13BrClN/c23-15-11-12-20-17(13-15)16-7-1-2-9-19(16)25(20)21-10-4-6-14-5-3-8-18(24)22(14)21/h1-13H. The van der Waals surface area contributed by atoms with Gasteiger partial charge in [0.1, 0.15) is 0 Å². The zero-order valence-electron chi connectivity index (χ0n) is 13.2. The molecule has 0 bridgehead atoms. The van der Waals surface area contributed by atoms with Gasteiger partial charge in [-0.25, -0.2) is 0 Å². The number of benzene rings is 4. The van der Waals surface area contributed by atoms with Crippen molar-refractivity contribution in [1.29, 1.82) is 0 Å². The Hall–Kier alpha value is -2.29. The molecule has 25 heavy (non-hydrogen) atoms. The Morgan fingerprint density at radius 2 is 1.48 bits per heavy atom. The van der Waals surface area contributed by atoms with Crippen LogP contribution in [0.15, 0.2) is 83.3 Å². The van der Waals surface area contributed by atoms with Crippen molar-refractivity contribution in [3.05, 3.63) is 88.4 Å². The molecule has 0 fully saturated rings. The maximum absolute atomic E-state index is 6.59. The normalized spacial score (nSPS) is 11.6. The van der Waals surface area contributed by atoms with Crippen LogP contribution in [0.3, 0.4) is 0 Å². The third-order valence-electron chi connectivity index (χ3n) is 4.71. The van der Waals surface area contributed by atoms with Crippen LogP contribution in [0.1, 0.15) is 0 Å². The highest BCUT2D eigenvalue weighted by molar-refractivity contribution is 9.10. The molecule has 0 unspecified atom stereocenters. The summed E-state index contributed by atoms with van der Waals surface area (Å²) >= 11 is 10.2. The minimum absolute atomic E-state index is 0.774. The van der Waals surface area contributed by atoms with Gasteiger partial charge in [-0.1, -0.05) is 70.0 Å². The molecule has 0 amide bonds. The van der Waals surface area contributed by atoms with Crippen molar-refractivity contribution in [2.75, 3.05) is 0 Å². The Labute approximate surface area is 158 Å². The summed E-state index contributed by atoms with van der Waals surface area (Å²) in [5, 5.41) is 5.47. The fourth-order valence-electron chi connectivity index (χ4n) is 3.67. The monoisotopic (exact) mass is 405 g/mol. The molecule has 0 aliphatic carbocycles. The SMILES string of the molecule is Clc1cccc2cccc(-n3c4ccccc4c4cc(Br)ccc43)c12. The van der Waals surface area contributed by atoms with Crippen LogP contribution < -0.4 is 0 Å². The fourth-order valence-corrected chi connectivity index (χ4v) is 4.31. The summed E-state index contributed by atoms with van der Waals surface area (Å²) in [5.41, 5.74) is 3.47. The maximum Gasteiger partial charge on any atom is 0.0555 e. The van der Waals surface area contributed by atoms with E-state index in [0.717, 1.165) is 26.0 Å². The minimum atomic E-state index is 0.774. The second-order valence-electron chi connectivity index (χ2n) is 6.13. The van der Waals surface area contributed by atoms with E-state index in [0.29, 0.717) is 0 Å². The molecule has 0 N–H and O–H groups in total. The summed E-state index contributed by atoms with van der Waals surface area (Å²) in [7, 11) is 0. The molecule has 1 aromatic heterocycles. The van der Waals surface area contributed by atoms with Gasteiger partial charge in [0.25, 0.3) is 0 Å². The van der Waals surface area contributed by atoms with Gasteiger partial charge in [0, 0.05) is 20.6 Å². The Morgan fingerprint density at radius 1 is 0.720 bits per heavy atom. The average Bonchev–Trinajstić information content (AvgIpc) is 2.95. The Bertz CT molecular complexity index is 1260. The number of fused-ring (bicyclic) bond motifs is 4. The van der Waals surface area contributed by atoms with Gasteiger partial charge in [-0.3, -0.25) is 0 Å². The van der Waals surface area contributed by atoms with Crippen molar-refractivity contribution in [3.8, 4) is 5.69 Å². The molecular weight excluding hydrogens is 394 g/mol. The van der Waals surface area contributed by atoms with Crippen molar-refractivity contribution in [1.82, 2.24) is 4.57 Å². The van der Waals surface area contributed by atoms with Crippen molar-refractivity contribution in [2.45, 2.75) is 0 Å². The first kappa shape index (κ1) is 15.0. The lowest BCUT2D eigenvalue weighted by molar-refractivity contribution is 1.20. The molecule has 0 aliphatic rings. The molecule has 0 atom stereocenters. The largest absolute Gasteiger partial charge is 0.309 e. The fraction of sp³-hybridized carbons (Fsp3) is 0. The predicted molar refractivity (Wildman–Crippen MR) is 111 cm³/mol. The lowest BCUT2D eigenvalue weighted by Gasteiger charge is -2.12. The molecule has 0 saturated carbocycles. The van der Waals surface area contributed by atoms with E-state index in [-0.39, 0.29) is 0 Å². The number of rotatable bonds is 1. The maximum atomic E-state index is 6.59. The summed E-state index contributed by atoms with van der Waals surface area (Å²) in [4.78, 5) is 0. The highest BCUT2D eigenvalue weighted by atomic mass is 79.9. The van der Waals surface area contributed by atoms with Crippen LogP contribution in [-0.4, -0.2) is 4.57 Å². The van der Waals surface area contributed by atoms with Gasteiger partial charge in [0.05, 0.1) is 21.7 Å². The van der Waals surface area contributed by atoms with E-state index >= 15 is 0 Å². The summed E-state index contributed by atoms with van der Waals surface area (Å²) in [6.07, 6.45) is 0. The van der Waals surface area contributed by atoms with Crippen molar-refractivity contribution < 1.29 is 0 Å². The van der Waals surface area contributed by atoms with E-state index in [1.807, 2.05) is 12.1 Å². The average molecular weight is 407 g/mol. The van der Waals surface area contributed by atoms with Crippen molar-refractivity contribution >= 4 is 60.1 Å². The van der Waals surface area contributed by atoms with Gasteiger partial charge in [0.2, 0.25) is 0 Å². The number of aromatic nitrogens is 1. The van der Waals surface area contributed by atoms with Crippen LogP contribution in [0.25, 0.3) is 38.3 Å². The topological polar surface area (TPSA) is 4.93 Å².